The SMILES string of the molecule is Ic1ccc(-c2ccc(/C=C/c3ccccc3)s2)s1. The van der Waals surface area contributed by atoms with Gasteiger partial charge in [0.15, 0.2) is 0 Å². The van der Waals surface area contributed by atoms with Crippen LogP contribution >= 0.6 is 45.3 Å². The molecule has 0 spiro atoms. The molecule has 0 nitrogen and oxygen atoms in total. The van der Waals surface area contributed by atoms with Gasteiger partial charge in [-0.25, -0.2) is 0 Å². The average Bonchev–Trinajstić information content (AvgIpc) is 3.06. The molecule has 0 aliphatic heterocycles. The first-order valence-electron chi connectivity index (χ1n) is 5.90. The van der Waals surface area contributed by atoms with Gasteiger partial charge in [-0.3, -0.25) is 0 Å². The second-order valence-corrected chi connectivity index (χ2v) is 8.14. The number of hydrogen-bond acceptors (Lipinski definition) is 2. The van der Waals surface area contributed by atoms with Gasteiger partial charge in [0.05, 0.1) is 2.88 Å². The maximum absolute atomic E-state index is 2.37. The van der Waals surface area contributed by atoms with E-state index in [2.05, 4.69) is 83.3 Å². The minimum atomic E-state index is 1.24. The molecule has 0 bridgehead atoms. The molecular weight excluding hydrogens is 383 g/mol. The van der Waals surface area contributed by atoms with Crippen LogP contribution in [-0.2, 0) is 0 Å². The lowest BCUT2D eigenvalue weighted by molar-refractivity contribution is 1.67. The summed E-state index contributed by atoms with van der Waals surface area (Å²) >= 11 is 6.05. The minimum Gasteiger partial charge on any atom is -0.135 e. The molecular formula is C16H11IS2. The van der Waals surface area contributed by atoms with Crippen LogP contribution < -0.4 is 0 Å². The Hall–Kier alpha value is -0.910. The minimum absolute atomic E-state index is 1.24. The molecule has 0 aliphatic rings. The van der Waals surface area contributed by atoms with Gasteiger partial charge in [0.2, 0.25) is 0 Å². The van der Waals surface area contributed by atoms with Crippen molar-refractivity contribution in [2.24, 2.45) is 0 Å². The van der Waals surface area contributed by atoms with Crippen LogP contribution in [0.3, 0.4) is 0 Å². The van der Waals surface area contributed by atoms with Crippen LogP contribution in [0.5, 0.6) is 0 Å². The van der Waals surface area contributed by atoms with Gasteiger partial charge in [-0.1, -0.05) is 36.4 Å². The highest BCUT2D eigenvalue weighted by molar-refractivity contribution is 14.1. The molecule has 0 fully saturated rings. The third kappa shape index (κ3) is 3.35. The van der Waals surface area contributed by atoms with Crippen LogP contribution in [0.2, 0.25) is 0 Å². The quantitative estimate of drug-likeness (QED) is 0.461. The van der Waals surface area contributed by atoms with E-state index in [1.165, 1.54) is 23.1 Å². The molecule has 0 unspecified atom stereocenters. The molecule has 1 aromatic carbocycles. The highest BCUT2D eigenvalue weighted by Crippen LogP contribution is 2.34. The number of thiophene rings is 2. The van der Waals surface area contributed by atoms with Crippen LogP contribution in [0.25, 0.3) is 21.9 Å². The monoisotopic (exact) mass is 394 g/mol. The van der Waals surface area contributed by atoms with E-state index >= 15 is 0 Å². The normalized spacial score (nSPS) is 11.2. The standard InChI is InChI=1S/C16H11IS2/c17-16-11-10-15(19-16)14-9-8-13(18-14)7-6-12-4-2-1-3-5-12/h1-11H/b7-6+. The Morgan fingerprint density at radius 2 is 1.47 bits per heavy atom. The Bertz CT molecular complexity index is 692. The molecule has 0 radical (unpaired) electrons. The van der Waals surface area contributed by atoms with Crippen LogP contribution in [0.15, 0.2) is 54.6 Å². The second kappa shape index (κ2) is 6.03. The largest absolute Gasteiger partial charge is 0.135 e. The smallest absolute Gasteiger partial charge is 0.0660 e. The van der Waals surface area contributed by atoms with Gasteiger partial charge in [0, 0.05) is 14.6 Å². The van der Waals surface area contributed by atoms with Crippen molar-refractivity contribution in [3.8, 4) is 9.75 Å². The summed E-state index contributed by atoms with van der Waals surface area (Å²) in [7, 11) is 0. The highest BCUT2D eigenvalue weighted by atomic mass is 127. The van der Waals surface area contributed by atoms with Gasteiger partial charge in [-0.2, -0.15) is 0 Å². The lowest BCUT2D eigenvalue weighted by atomic mass is 10.2. The summed E-state index contributed by atoms with van der Waals surface area (Å²) in [5.41, 5.74) is 1.24. The third-order valence-corrected chi connectivity index (χ3v) is 5.82. The van der Waals surface area contributed by atoms with E-state index in [0.717, 1.165) is 0 Å². The molecule has 0 atom stereocenters. The Kier molecular flexibility index (Phi) is 4.15. The van der Waals surface area contributed by atoms with Crippen molar-refractivity contribution in [1.82, 2.24) is 0 Å². The first-order chi connectivity index (χ1) is 9.31. The van der Waals surface area contributed by atoms with Crippen molar-refractivity contribution < 1.29 is 0 Å². The van der Waals surface area contributed by atoms with Crippen molar-refractivity contribution >= 4 is 57.4 Å². The van der Waals surface area contributed by atoms with Gasteiger partial charge in [-0.05, 0) is 58.5 Å². The van der Waals surface area contributed by atoms with Crippen LogP contribution in [0, 0.1) is 2.88 Å². The van der Waals surface area contributed by atoms with Gasteiger partial charge in [0.1, 0.15) is 0 Å². The van der Waals surface area contributed by atoms with E-state index in [1.807, 2.05) is 28.7 Å². The zero-order valence-electron chi connectivity index (χ0n) is 10.0. The average molecular weight is 394 g/mol. The molecule has 94 valence electrons. The summed E-state index contributed by atoms with van der Waals surface area (Å²) in [6, 6.07) is 19.2. The topological polar surface area (TPSA) is 0 Å². The predicted molar refractivity (Wildman–Crippen MR) is 95.7 cm³/mol. The number of rotatable bonds is 3. The Morgan fingerprint density at radius 3 is 2.21 bits per heavy atom. The van der Waals surface area contributed by atoms with Gasteiger partial charge >= 0.3 is 0 Å². The maximum atomic E-state index is 2.37. The summed E-state index contributed by atoms with van der Waals surface area (Å²) in [4.78, 5) is 4.00. The zero-order chi connectivity index (χ0) is 13.1. The van der Waals surface area contributed by atoms with E-state index < -0.39 is 0 Å². The zero-order valence-corrected chi connectivity index (χ0v) is 13.8. The van der Waals surface area contributed by atoms with Crippen molar-refractivity contribution in [2.45, 2.75) is 0 Å². The van der Waals surface area contributed by atoms with Gasteiger partial charge < -0.3 is 0 Å². The molecule has 0 amide bonds. The van der Waals surface area contributed by atoms with Gasteiger partial charge in [-0.15, -0.1) is 22.7 Å². The number of hydrogen-bond donors (Lipinski definition) is 0. The van der Waals surface area contributed by atoms with Crippen LogP contribution in [0.4, 0.5) is 0 Å². The van der Waals surface area contributed by atoms with E-state index in [0.29, 0.717) is 0 Å². The molecule has 2 heterocycles. The van der Waals surface area contributed by atoms with Crippen LogP contribution in [0.1, 0.15) is 10.4 Å². The van der Waals surface area contributed by atoms with Crippen molar-refractivity contribution in [1.29, 1.82) is 0 Å². The molecule has 0 saturated carbocycles. The fraction of sp³-hybridized carbons (Fsp3) is 0. The summed E-state index contributed by atoms with van der Waals surface area (Å²) in [5, 5.41) is 0. The van der Waals surface area contributed by atoms with E-state index in [9.17, 15) is 0 Å². The van der Waals surface area contributed by atoms with Crippen LogP contribution in [-0.4, -0.2) is 0 Å². The number of halogens is 1. The molecule has 3 rings (SSSR count). The molecule has 0 saturated heterocycles. The summed E-state index contributed by atoms with van der Waals surface area (Å²) in [6.45, 7) is 0. The lowest BCUT2D eigenvalue weighted by Gasteiger charge is -1.90. The molecule has 3 heteroatoms. The molecule has 2 aromatic heterocycles. The van der Waals surface area contributed by atoms with Gasteiger partial charge in [0.25, 0.3) is 0 Å². The highest BCUT2D eigenvalue weighted by Gasteiger charge is 2.03. The molecule has 3 aromatic rings. The molecule has 0 aliphatic carbocycles. The van der Waals surface area contributed by atoms with Crippen molar-refractivity contribution in [2.75, 3.05) is 0 Å². The van der Waals surface area contributed by atoms with E-state index in [4.69, 9.17) is 0 Å². The lowest BCUT2D eigenvalue weighted by Crippen LogP contribution is -1.67. The molecule has 19 heavy (non-hydrogen) atoms. The maximum Gasteiger partial charge on any atom is 0.0660 e. The summed E-state index contributed by atoms with van der Waals surface area (Å²) in [6.07, 6.45) is 4.34. The Labute approximate surface area is 134 Å². The van der Waals surface area contributed by atoms with Crippen molar-refractivity contribution in [3.63, 3.8) is 0 Å². The van der Waals surface area contributed by atoms with Crippen molar-refractivity contribution in [3.05, 3.63) is 67.9 Å². The third-order valence-electron chi connectivity index (χ3n) is 2.68. The fourth-order valence-corrected chi connectivity index (χ4v) is 4.39. The predicted octanol–water partition coefficient (Wildman–Crippen LogP) is 6.25. The number of benzene rings is 1. The first-order valence-corrected chi connectivity index (χ1v) is 8.61. The molecule has 0 N–H and O–H groups in total. The summed E-state index contributed by atoms with van der Waals surface area (Å²) in [5.74, 6) is 0. The fourth-order valence-electron chi connectivity index (χ4n) is 1.76. The summed E-state index contributed by atoms with van der Waals surface area (Å²) < 4.78 is 1.34. The van der Waals surface area contributed by atoms with E-state index in [-0.39, 0.29) is 0 Å². The Balaban J connectivity index is 1.80. The second-order valence-electron chi connectivity index (χ2n) is 4.05. The first kappa shape index (κ1) is 13.1. The Morgan fingerprint density at radius 1 is 0.737 bits per heavy atom. The van der Waals surface area contributed by atoms with E-state index in [1.54, 1.807) is 0 Å².